The molecule has 0 saturated heterocycles. The summed E-state index contributed by atoms with van der Waals surface area (Å²) < 4.78 is 10.2. The van der Waals surface area contributed by atoms with Crippen LogP contribution in [0.4, 0.5) is 10.8 Å². The summed E-state index contributed by atoms with van der Waals surface area (Å²) in [7, 11) is 0. The number of nitrogens with zero attached hydrogens (tertiary/aromatic N) is 1. The highest BCUT2D eigenvalue weighted by atomic mass is 16.4. The number of carbonyl (C=O) groups is 1. The molecule has 2 rings (SSSR count). The minimum absolute atomic E-state index is 0.0258. The van der Waals surface area contributed by atoms with Gasteiger partial charge in [-0.1, -0.05) is 0 Å². The number of hydrogen-bond donors (Lipinski definition) is 3. The first kappa shape index (κ1) is 13.2. The van der Waals surface area contributed by atoms with E-state index in [1.165, 1.54) is 6.26 Å². The van der Waals surface area contributed by atoms with Crippen molar-refractivity contribution in [2.45, 2.75) is 20.0 Å². The van der Waals surface area contributed by atoms with Gasteiger partial charge in [0, 0.05) is 0 Å². The summed E-state index contributed by atoms with van der Waals surface area (Å²) >= 11 is 0. The first-order valence-electron chi connectivity index (χ1n) is 5.76. The van der Waals surface area contributed by atoms with Crippen LogP contribution in [0.25, 0.3) is 0 Å². The average molecular weight is 265 g/mol. The average Bonchev–Trinajstić information content (AvgIpc) is 2.98. The number of carbonyl (C=O) groups excluding carboxylic acids is 1. The molecule has 3 N–H and O–H groups in total. The van der Waals surface area contributed by atoms with E-state index in [9.17, 15) is 9.90 Å². The van der Waals surface area contributed by atoms with Crippen LogP contribution >= 0.6 is 0 Å². The van der Waals surface area contributed by atoms with Crippen molar-refractivity contribution in [3.8, 4) is 0 Å². The molecule has 0 saturated carbocycles. The number of amides is 2. The molecule has 0 aliphatic rings. The van der Waals surface area contributed by atoms with Gasteiger partial charge in [-0.25, -0.2) is 4.79 Å². The van der Waals surface area contributed by atoms with Gasteiger partial charge in [0.15, 0.2) is 0 Å². The highest BCUT2D eigenvalue weighted by Crippen LogP contribution is 2.13. The van der Waals surface area contributed by atoms with Crippen LogP contribution in [0.5, 0.6) is 0 Å². The lowest BCUT2D eigenvalue weighted by molar-refractivity contribution is 0.149. The number of aryl methyl sites for hydroxylation is 2. The van der Waals surface area contributed by atoms with E-state index in [0.29, 0.717) is 17.2 Å². The molecular formula is C12H15N3O4. The van der Waals surface area contributed by atoms with Gasteiger partial charge >= 0.3 is 12.0 Å². The number of oxazole rings is 1. The largest absolute Gasteiger partial charge is 0.467 e. The Labute approximate surface area is 109 Å². The maximum absolute atomic E-state index is 11.5. The fraction of sp³-hybridized carbons (Fsp3) is 0.333. The summed E-state index contributed by atoms with van der Waals surface area (Å²) in [6, 6.07) is 2.91. The van der Waals surface area contributed by atoms with Crippen LogP contribution in [0.2, 0.25) is 0 Å². The molecule has 0 spiro atoms. The lowest BCUT2D eigenvalue weighted by Crippen LogP contribution is -2.32. The number of rotatable bonds is 4. The first-order valence-corrected chi connectivity index (χ1v) is 5.76. The molecule has 2 aromatic heterocycles. The molecular weight excluding hydrogens is 250 g/mol. The second kappa shape index (κ2) is 5.57. The molecule has 0 aliphatic heterocycles. The van der Waals surface area contributed by atoms with Gasteiger partial charge in [-0.3, -0.25) is 5.32 Å². The van der Waals surface area contributed by atoms with Crippen molar-refractivity contribution < 1.29 is 18.7 Å². The quantitative estimate of drug-likeness (QED) is 0.781. The van der Waals surface area contributed by atoms with Crippen molar-refractivity contribution in [2.24, 2.45) is 0 Å². The number of aromatic nitrogens is 1. The van der Waals surface area contributed by atoms with Gasteiger partial charge < -0.3 is 19.3 Å². The number of hydrogen-bond acceptors (Lipinski definition) is 5. The third kappa shape index (κ3) is 3.35. The summed E-state index contributed by atoms with van der Waals surface area (Å²) in [6.07, 6.45) is 0.561. The highest BCUT2D eigenvalue weighted by molar-refractivity contribution is 5.86. The zero-order chi connectivity index (χ0) is 13.8. The zero-order valence-electron chi connectivity index (χ0n) is 10.6. The molecule has 2 amide bonds. The van der Waals surface area contributed by atoms with Gasteiger partial charge in [0.1, 0.15) is 17.6 Å². The summed E-state index contributed by atoms with van der Waals surface area (Å²) in [6.45, 7) is 3.56. The molecule has 0 aliphatic carbocycles. The molecule has 7 heteroatoms. The van der Waals surface area contributed by atoms with E-state index < -0.39 is 12.1 Å². The molecule has 7 nitrogen and oxygen atoms in total. The lowest BCUT2D eigenvalue weighted by atomic mass is 10.3. The second-order valence-corrected chi connectivity index (χ2v) is 4.03. The fourth-order valence-electron chi connectivity index (χ4n) is 1.44. The predicted octanol–water partition coefficient (Wildman–Crippen LogP) is 1.74. The van der Waals surface area contributed by atoms with E-state index in [1.807, 2.05) is 0 Å². The van der Waals surface area contributed by atoms with Gasteiger partial charge in [0.25, 0.3) is 0 Å². The van der Waals surface area contributed by atoms with Crippen molar-refractivity contribution in [1.82, 2.24) is 10.3 Å². The standard InChI is InChI=1S/C12H15N3O4/c1-7-8(2)19-12(14-7)15-11(17)13-6-9(16)10-4-3-5-18-10/h3-5,9,16H,6H2,1-2H3,(H2,13,14,15,17). The van der Waals surface area contributed by atoms with Crippen molar-refractivity contribution in [3.05, 3.63) is 35.6 Å². The van der Waals surface area contributed by atoms with Gasteiger partial charge in [0.05, 0.1) is 18.5 Å². The molecule has 0 radical (unpaired) electrons. The van der Waals surface area contributed by atoms with Crippen LogP contribution in [-0.4, -0.2) is 22.7 Å². The molecule has 0 aromatic carbocycles. The van der Waals surface area contributed by atoms with Crippen LogP contribution in [0.1, 0.15) is 23.3 Å². The number of furan rings is 1. The molecule has 19 heavy (non-hydrogen) atoms. The van der Waals surface area contributed by atoms with Crippen LogP contribution in [0.15, 0.2) is 27.2 Å². The molecule has 1 unspecified atom stereocenters. The molecule has 0 fully saturated rings. The summed E-state index contributed by atoms with van der Waals surface area (Å²) in [5, 5.41) is 14.6. The smallest absolute Gasteiger partial charge is 0.322 e. The van der Waals surface area contributed by atoms with Gasteiger partial charge in [-0.05, 0) is 26.0 Å². The SMILES string of the molecule is Cc1nc(NC(=O)NCC(O)c2ccco2)oc1C. The Morgan fingerprint density at radius 2 is 2.32 bits per heavy atom. The Balaban J connectivity index is 1.81. The monoisotopic (exact) mass is 265 g/mol. The minimum atomic E-state index is -0.895. The second-order valence-electron chi connectivity index (χ2n) is 4.03. The number of urea groups is 1. The van der Waals surface area contributed by atoms with Crippen molar-refractivity contribution >= 4 is 12.0 Å². The van der Waals surface area contributed by atoms with Crippen molar-refractivity contribution in [3.63, 3.8) is 0 Å². The minimum Gasteiger partial charge on any atom is -0.467 e. The molecule has 2 heterocycles. The van der Waals surface area contributed by atoms with Crippen molar-refractivity contribution in [1.29, 1.82) is 0 Å². The third-order valence-corrected chi connectivity index (χ3v) is 2.58. The Morgan fingerprint density at radius 3 is 2.89 bits per heavy atom. The summed E-state index contributed by atoms with van der Waals surface area (Å²) in [4.78, 5) is 15.6. The predicted molar refractivity (Wildman–Crippen MR) is 66.7 cm³/mol. The van der Waals surface area contributed by atoms with Crippen LogP contribution < -0.4 is 10.6 Å². The van der Waals surface area contributed by atoms with Crippen LogP contribution in [0, 0.1) is 13.8 Å². The summed E-state index contributed by atoms with van der Waals surface area (Å²) in [5.74, 6) is 1.04. The number of anilines is 1. The number of nitrogens with one attached hydrogen (secondary N) is 2. The van der Waals surface area contributed by atoms with Gasteiger partial charge in [-0.2, -0.15) is 4.98 Å². The lowest BCUT2D eigenvalue weighted by Gasteiger charge is -2.09. The van der Waals surface area contributed by atoms with Crippen LogP contribution in [0.3, 0.4) is 0 Å². The van der Waals surface area contributed by atoms with E-state index in [0.717, 1.165) is 0 Å². The van der Waals surface area contributed by atoms with Gasteiger partial charge in [-0.15, -0.1) is 0 Å². The number of aliphatic hydroxyl groups excluding tert-OH is 1. The van der Waals surface area contributed by atoms with E-state index >= 15 is 0 Å². The molecule has 2 aromatic rings. The normalized spacial score (nSPS) is 12.2. The highest BCUT2D eigenvalue weighted by Gasteiger charge is 2.13. The van der Waals surface area contributed by atoms with E-state index in [1.54, 1.807) is 26.0 Å². The zero-order valence-corrected chi connectivity index (χ0v) is 10.6. The molecule has 1 atom stereocenters. The van der Waals surface area contributed by atoms with Gasteiger partial charge in [0.2, 0.25) is 0 Å². The maximum atomic E-state index is 11.5. The Bertz CT molecular complexity index is 528. The molecule has 102 valence electrons. The van der Waals surface area contributed by atoms with Crippen LogP contribution in [-0.2, 0) is 0 Å². The van der Waals surface area contributed by atoms with Crippen molar-refractivity contribution in [2.75, 3.05) is 11.9 Å². The number of aliphatic hydroxyl groups is 1. The van der Waals surface area contributed by atoms with E-state index in [-0.39, 0.29) is 12.6 Å². The third-order valence-electron chi connectivity index (χ3n) is 2.58. The summed E-state index contributed by atoms with van der Waals surface area (Å²) in [5.41, 5.74) is 0.714. The fourth-order valence-corrected chi connectivity index (χ4v) is 1.44. The topological polar surface area (TPSA) is 101 Å². The van der Waals surface area contributed by atoms with E-state index in [2.05, 4.69) is 15.6 Å². The van der Waals surface area contributed by atoms with E-state index in [4.69, 9.17) is 8.83 Å². The Kier molecular flexibility index (Phi) is 3.86. The Morgan fingerprint density at radius 1 is 1.53 bits per heavy atom. The maximum Gasteiger partial charge on any atom is 0.322 e. The molecule has 0 bridgehead atoms. The first-order chi connectivity index (χ1) is 9.06. The Hall–Kier alpha value is -2.28.